The number of rotatable bonds is 9. The average Bonchev–Trinajstić information content (AvgIpc) is 2.76. The third-order valence-corrected chi connectivity index (χ3v) is 6.94. The van der Waals surface area contributed by atoms with E-state index in [0.717, 1.165) is 44.3 Å². The first-order valence-electron chi connectivity index (χ1n) is 10.6. The monoisotopic (exact) mass is 549 g/mol. The Morgan fingerprint density at radius 3 is 2.80 bits per heavy atom. The highest BCUT2D eigenvalue weighted by Gasteiger charge is 2.26. The summed E-state index contributed by atoms with van der Waals surface area (Å²) in [6.45, 7) is 5.43. The van der Waals surface area contributed by atoms with Gasteiger partial charge in [0, 0.05) is 66.3 Å². The van der Waals surface area contributed by atoms with E-state index in [1.165, 1.54) is 0 Å². The van der Waals surface area contributed by atoms with Crippen molar-refractivity contribution in [1.82, 2.24) is 20.5 Å². The van der Waals surface area contributed by atoms with E-state index in [4.69, 9.17) is 0 Å². The van der Waals surface area contributed by atoms with Gasteiger partial charge < -0.3 is 15.5 Å². The minimum Gasteiger partial charge on any atom is -0.357 e. The van der Waals surface area contributed by atoms with E-state index >= 15 is 0 Å². The molecule has 3 atom stereocenters. The molecule has 2 rings (SSSR count). The van der Waals surface area contributed by atoms with Gasteiger partial charge in [-0.3, -0.25) is 14.0 Å². The molecule has 7 nitrogen and oxygen atoms in total. The zero-order valence-corrected chi connectivity index (χ0v) is 21.4. The predicted octanol–water partition coefficient (Wildman–Crippen LogP) is 2.34. The quantitative estimate of drug-likeness (QED) is 0.281. The molecular weight excluding hydrogens is 513 g/mol. The topological polar surface area (TPSA) is 86.7 Å². The fourth-order valence-corrected chi connectivity index (χ4v) is 4.83. The Balaban J connectivity index is 0.00000450. The van der Waals surface area contributed by atoms with Crippen LogP contribution in [0.25, 0.3) is 0 Å². The molecule has 1 aliphatic carbocycles. The van der Waals surface area contributed by atoms with Crippen molar-refractivity contribution in [3.05, 3.63) is 30.1 Å². The fourth-order valence-electron chi connectivity index (χ4n) is 3.48. The smallest absolute Gasteiger partial charge is 0.244 e. The summed E-state index contributed by atoms with van der Waals surface area (Å²) < 4.78 is 12.2. The number of carbonyl (C=O) groups excluding carboxylic acids is 1. The molecule has 1 aliphatic rings. The van der Waals surface area contributed by atoms with Gasteiger partial charge in [0.25, 0.3) is 0 Å². The number of aliphatic imine (C=N–C) groups is 1. The molecule has 1 saturated carbocycles. The molecule has 1 aromatic heterocycles. The number of amides is 1. The van der Waals surface area contributed by atoms with Gasteiger partial charge in [-0.15, -0.1) is 24.0 Å². The first-order chi connectivity index (χ1) is 14.0. The first-order valence-corrected chi connectivity index (χ1v) is 12.0. The Morgan fingerprint density at radius 1 is 1.33 bits per heavy atom. The molecule has 2 N–H and O–H groups in total. The summed E-state index contributed by atoms with van der Waals surface area (Å²) in [5.74, 6) is 1.35. The van der Waals surface area contributed by atoms with Crippen LogP contribution in [0.2, 0.25) is 0 Å². The molecule has 1 amide bonds. The Morgan fingerprint density at radius 2 is 2.13 bits per heavy atom. The minimum absolute atomic E-state index is 0. The molecule has 0 radical (unpaired) electrons. The number of likely N-dealkylation sites (N-methyl/N-ethyl adjacent to an activating group) is 1. The van der Waals surface area contributed by atoms with Crippen LogP contribution in [-0.4, -0.2) is 69.7 Å². The zero-order chi connectivity index (χ0) is 21.1. The molecule has 0 spiro atoms. The van der Waals surface area contributed by atoms with Crippen molar-refractivity contribution in [2.24, 2.45) is 4.99 Å². The molecule has 0 bridgehead atoms. The largest absolute Gasteiger partial charge is 0.357 e. The van der Waals surface area contributed by atoms with Gasteiger partial charge in [-0.1, -0.05) is 19.4 Å². The van der Waals surface area contributed by atoms with Crippen molar-refractivity contribution in [2.45, 2.75) is 57.2 Å². The lowest BCUT2D eigenvalue weighted by Crippen LogP contribution is -2.47. The van der Waals surface area contributed by atoms with Crippen LogP contribution in [-0.2, 0) is 22.0 Å². The molecule has 30 heavy (non-hydrogen) atoms. The maximum Gasteiger partial charge on any atom is 0.244 e. The molecule has 9 heteroatoms. The molecule has 3 unspecified atom stereocenters. The molecule has 0 saturated heterocycles. The third-order valence-electron chi connectivity index (χ3n) is 5.20. The average molecular weight is 550 g/mol. The number of halogens is 1. The van der Waals surface area contributed by atoms with Gasteiger partial charge in [-0.2, -0.15) is 0 Å². The summed E-state index contributed by atoms with van der Waals surface area (Å²) in [6.07, 6.45) is 6.53. The summed E-state index contributed by atoms with van der Waals surface area (Å²) in [5, 5.41) is 6.92. The van der Waals surface area contributed by atoms with Gasteiger partial charge in [0.15, 0.2) is 5.96 Å². The predicted molar refractivity (Wildman–Crippen MR) is 135 cm³/mol. The zero-order valence-electron chi connectivity index (χ0n) is 18.3. The summed E-state index contributed by atoms with van der Waals surface area (Å²) in [4.78, 5) is 22.9. The lowest BCUT2D eigenvalue weighted by molar-refractivity contribution is -0.128. The van der Waals surface area contributed by atoms with Crippen LogP contribution < -0.4 is 10.6 Å². The second-order valence-corrected chi connectivity index (χ2v) is 9.39. The Hall–Kier alpha value is -1.23. The van der Waals surface area contributed by atoms with Crippen molar-refractivity contribution in [2.75, 3.05) is 32.4 Å². The highest BCUT2D eigenvalue weighted by Crippen LogP contribution is 2.22. The standard InChI is InChI=1S/C21H35N5O2S.HI/c1-4-22-21(25-18-10-8-11-19(15-18)29(28)5-2)24-16-20(27)26(3)14-12-17-9-6-7-13-23-17;/h6-7,9,13,18-19H,4-5,8,10-12,14-16H2,1-3H3,(H2,22,24,25);1H. The fraction of sp³-hybridized carbons (Fsp3) is 0.667. The number of nitrogens with one attached hydrogen (secondary N) is 2. The van der Waals surface area contributed by atoms with Crippen molar-refractivity contribution in [3.8, 4) is 0 Å². The molecular formula is C21H36IN5O2S. The number of nitrogens with zero attached hydrogens (tertiary/aromatic N) is 3. The van der Waals surface area contributed by atoms with Crippen LogP contribution in [0.4, 0.5) is 0 Å². The van der Waals surface area contributed by atoms with Crippen molar-refractivity contribution >= 4 is 46.6 Å². The van der Waals surface area contributed by atoms with E-state index in [0.29, 0.717) is 18.3 Å². The summed E-state index contributed by atoms with van der Waals surface area (Å²) in [7, 11) is 1.04. The molecule has 0 aliphatic heterocycles. The number of aromatic nitrogens is 1. The Kier molecular flexibility index (Phi) is 13.2. The molecule has 1 heterocycles. The minimum atomic E-state index is -0.754. The number of carbonyl (C=O) groups is 1. The summed E-state index contributed by atoms with van der Waals surface area (Å²) in [6, 6.07) is 6.05. The van der Waals surface area contributed by atoms with Crippen LogP contribution in [0, 0.1) is 0 Å². The molecule has 0 aromatic carbocycles. The third kappa shape index (κ3) is 9.28. The number of hydrogen-bond donors (Lipinski definition) is 2. The Bertz CT molecular complexity index is 689. The van der Waals surface area contributed by atoms with Crippen LogP contribution in [0.5, 0.6) is 0 Å². The number of pyridine rings is 1. The van der Waals surface area contributed by atoms with E-state index in [1.807, 2.05) is 32.0 Å². The SMILES string of the molecule is CCNC(=NCC(=O)N(C)CCc1ccccn1)NC1CCCC(S(=O)CC)C1.I. The first kappa shape index (κ1) is 26.8. The van der Waals surface area contributed by atoms with Gasteiger partial charge in [0.05, 0.1) is 0 Å². The second-order valence-electron chi connectivity index (χ2n) is 7.38. The summed E-state index contributed by atoms with van der Waals surface area (Å²) in [5.41, 5.74) is 0.974. The van der Waals surface area contributed by atoms with Crippen molar-refractivity contribution in [1.29, 1.82) is 0 Å². The number of hydrogen-bond acceptors (Lipinski definition) is 4. The maximum absolute atomic E-state index is 12.4. The highest BCUT2D eigenvalue weighted by atomic mass is 127. The lowest BCUT2D eigenvalue weighted by Gasteiger charge is -2.30. The van der Waals surface area contributed by atoms with E-state index in [-0.39, 0.29) is 47.7 Å². The number of guanidine groups is 1. The van der Waals surface area contributed by atoms with Crippen molar-refractivity contribution < 1.29 is 9.00 Å². The van der Waals surface area contributed by atoms with E-state index < -0.39 is 10.8 Å². The highest BCUT2D eigenvalue weighted by molar-refractivity contribution is 14.0. The van der Waals surface area contributed by atoms with E-state index in [1.54, 1.807) is 18.1 Å². The van der Waals surface area contributed by atoms with E-state index in [9.17, 15) is 9.00 Å². The van der Waals surface area contributed by atoms with Gasteiger partial charge in [0.1, 0.15) is 6.54 Å². The van der Waals surface area contributed by atoms with Gasteiger partial charge in [-0.05, 0) is 38.3 Å². The van der Waals surface area contributed by atoms with Crippen LogP contribution >= 0.6 is 24.0 Å². The Labute approximate surface area is 200 Å². The van der Waals surface area contributed by atoms with Gasteiger partial charge >= 0.3 is 0 Å². The van der Waals surface area contributed by atoms with Gasteiger partial charge in [-0.25, -0.2) is 4.99 Å². The maximum atomic E-state index is 12.4. The lowest BCUT2D eigenvalue weighted by atomic mass is 9.95. The second kappa shape index (κ2) is 14.7. The van der Waals surface area contributed by atoms with Gasteiger partial charge in [0.2, 0.25) is 5.91 Å². The van der Waals surface area contributed by atoms with Crippen LogP contribution in [0.1, 0.15) is 45.2 Å². The molecule has 170 valence electrons. The normalized spacial score (nSPS) is 20.0. The van der Waals surface area contributed by atoms with Crippen LogP contribution in [0.15, 0.2) is 29.4 Å². The molecule has 1 fully saturated rings. The molecule has 1 aromatic rings. The van der Waals surface area contributed by atoms with E-state index in [2.05, 4.69) is 20.6 Å². The van der Waals surface area contributed by atoms with Crippen LogP contribution in [0.3, 0.4) is 0 Å². The van der Waals surface area contributed by atoms with Crippen molar-refractivity contribution in [3.63, 3.8) is 0 Å². The summed E-state index contributed by atoms with van der Waals surface area (Å²) >= 11 is 0.